The van der Waals surface area contributed by atoms with Crippen molar-refractivity contribution in [3.8, 4) is 0 Å². The highest BCUT2D eigenvalue weighted by atomic mass is 32.2. The SMILES string of the molecule is CC1C(=O)NC(=O)N(CC2CCSC2)C1=O. The lowest BCUT2D eigenvalue weighted by atomic mass is 10.0. The molecule has 0 radical (unpaired) electrons. The largest absolute Gasteiger partial charge is 0.330 e. The number of nitrogens with one attached hydrogen (secondary N) is 1. The van der Waals surface area contributed by atoms with Gasteiger partial charge in [-0.1, -0.05) is 0 Å². The molecule has 88 valence electrons. The number of barbiturate groups is 1. The van der Waals surface area contributed by atoms with E-state index in [-0.39, 0.29) is 5.91 Å². The van der Waals surface area contributed by atoms with Gasteiger partial charge >= 0.3 is 6.03 Å². The summed E-state index contributed by atoms with van der Waals surface area (Å²) in [6, 6.07) is -0.565. The molecule has 0 saturated carbocycles. The summed E-state index contributed by atoms with van der Waals surface area (Å²) >= 11 is 1.84. The van der Waals surface area contributed by atoms with Gasteiger partial charge in [-0.15, -0.1) is 0 Å². The molecule has 2 unspecified atom stereocenters. The summed E-state index contributed by atoms with van der Waals surface area (Å²) in [7, 11) is 0. The average molecular weight is 242 g/mol. The first-order chi connectivity index (χ1) is 7.59. The van der Waals surface area contributed by atoms with E-state index in [2.05, 4.69) is 5.32 Å². The summed E-state index contributed by atoms with van der Waals surface area (Å²) in [5.74, 6) is 0.840. The highest BCUT2D eigenvalue weighted by Gasteiger charge is 2.38. The number of nitrogens with zero attached hydrogens (tertiary/aromatic N) is 1. The van der Waals surface area contributed by atoms with Crippen molar-refractivity contribution >= 4 is 29.6 Å². The van der Waals surface area contributed by atoms with E-state index in [4.69, 9.17) is 0 Å². The van der Waals surface area contributed by atoms with Crippen molar-refractivity contribution in [1.29, 1.82) is 0 Å². The lowest BCUT2D eigenvalue weighted by Crippen LogP contribution is -2.58. The first-order valence-corrected chi connectivity index (χ1v) is 6.49. The molecule has 6 heteroatoms. The van der Waals surface area contributed by atoms with Gasteiger partial charge in [0.2, 0.25) is 11.8 Å². The van der Waals surface area contributed by atoms with Crippen LogP contribution in [0.4, 0.5) is 4.79 Å². The number of hydrogen-bond donors (Lipinski definition) is 1. The lowest BCUT2D eigenvalue weighted by molar-refractivity contribution is -0.142. The van der Waals surface area contributed by atoms with Gasteiger partial charge in [-0.25, -0.2) is 4.79 Å². The molecule has 16 heavy (non-hydrogen) atoms. The average Bonchev–Trinajstić information content (AvgIpc) is 2.74. The van der Waals surface area contributed by atoms with Crippen LogP contribution in [-0.4, -0.2) is 40.8 Å². The van der Waals surface area contributed by atoms with Crippen molar-refractivity contribution < 1.29 is 14.4 Å². The Morgan fingerprint density at radius 3 is 2.81 bits per heavy atom. The molecule has 4 amide bonds. The normalized spacial score (nSPS) is 30.8. The van der Waals surface area contributed by atoms with Gasteiger partial charge in [0.25, 0.3) is 0 Å². The molecule has 2 aliphatic heterocycles. The number of urea groups is 1. The van der Waals surface area contributed by atoms with E-state index in [1.54, 1.807) is 0 Å². The Kier molecular flexibility index (Phi) is 3.18. The van der Waals surface area contributed by atoms with Gasteiger partial charge < -0.3 is 0 Å². The zero-order valence-electron chi connectivity index (χ0n) is 9.06. The van der Waals surface area contributed by atoms with Gasteiger partial charge in [0.15, 0.2) is 0 Å². The third kappa shape index (κ3) is 2.07. The molecule has 0 spiro atoms. The number of thioether (sulfide) groups is 1. The van der Waals surface area contributed by atoms with E-state index in [0.717, 1.165) is 17.9 Å². The van der Waals surface area contributed by atoms with Crippen LogP contribution in [0.25, 0.3) is 0 Å². The van der Waals surface area contributed by atoms with Crippen LogP contribution in [0.2, 0.25) is 0 Å². The summed E-state index contributed by atoms with van der Waals surface area (Å²) in [6.07, 6.45) is 1.03. The molecule has 2 aliphatic rings. The van der Waals surface area contributed by atoms with Crippen molar-refractivity contribution in [3.05, 3.63) is 0 Å². The van der Waals surface area contributed by atoms with Crippen LogP contribution >= 0.6 is 11.8 Å². The van der Waals surface area contributed by atoms with Crippen LogP contribution in [0.15, 0.2) is 0 Å². The summed E-state index contributed by atoms with van der Waals surface area (Å²) < 4.78 is 0. The van der Waals surface area contributed by atoms with E-state index < -0.39 is 17.9 Å². The Balaban J connectivity index is 2.04. The molecule has 0 aliphatic carbocycles. The Bertz CT molecular complexity index is 339. The van der Waals surface area contributed by atoms with E-state index in [9.17, 15) is 14.4 Å². The maximum Gasteiger partial charge on any atom is 0.330 e. The first kappa shape index (κ1) is 11.4. The smallest absolute Gasteiger partial charge is 0.277 e. The molecular formula is C10H14N2O3S. The second kappa shape index (κ2) is 4.45. The summed E-state index contributed by atoms with van der Waals surface area (Å²) in [6.45, 7) is 1.97. The van der Waals surface area contributed by atoms with E-state index in [1.165, 1.54) is 11.8 Å². The van der Waals surface area contributed by atoms with Gasteiger partial charge in [-0.2, -0.15) is 11.8 Å². The molecule has 2 heterocycles. The van der Waals surface area contributed by atoms with Gasteiger partial charge in [-0.3, -0.25) is 19.8 Å². The third-order valence-corrected chi connectivity index (χ3v) is 4.20. The zero-order valence-corrected chi connectivity index (χ0v) is 9.88. The summed E-state index contributed by atoms with van der Waals surface area (Å²) in [5.41, 5.74) is 0. The minimum atomic E-state index is -0.744. The van der Waals surface area contributed by atoms with Crippen molar-refractivity contribution in [2.24, 2.45) is 11.8 Å². The molecular weight excluding hydrogens is 228 g/mol. The molecule has 2 fully saturated rings. The number of imide groups is 2. The molecule has 0 bridgehead atoms. The zero-order chi connectivity index (χ0) is 11.7. The van der Waals surface area contributed by atoms with Gasteiger partial charge in [0.05, 0.1) is 0 Å². The topological polar surface area (TPSA) is 66.5 Å². The second-order valence-corrected chi connectivity index (χ2v) is 5.34. The molecule has 0 aromatic heterocycles. The minimum Gasteiger partial charge on any atom is -0.277 e. The number of carbonyl (C=O) groups excluding carboxylic acids is 3. The van der Waals surface area contributed by atoms with Gasteiger partial charge in [0, 0.05) is 6.54 Å². The quantitative estimate of drug-likeness (QED) is 0.714. The van der Waals surface area contributed by atoms with Crippen molar-refractivity contribution in [2.75, 3.05) is 18.1 Å². The molecule has 2 atom stereocenters. The lowest BCUT2D eigenvalue weighted by Gasteiger charge is -2.30. The maximum absolute atomic E-state index is 11.8. The standard InChI is InChI=1S/C10H14N2O3S/c1-6-8(13)11-10(15)12(9(6)14)4-7-2-3-16-5-7/h6-7H,2-5H2,1H3,(H,11,13,15). The highest BCUT2D eigenvalue weighted by Crippen LogP contribution is 2.25. The third-order valence-electron chi connectivity index (χ3n) is 2.97. The Morgan fingerprint density at radius 2 is 2.19 bits per heavy atom. The minimum absolute atomic E-state index is 0.370. The van der Waals surface area contributed by atoms with Crippen LogP contribution < -0.4 is 5.32 Å². The Labute approximate surface area is 97.9 Å². The van der Waals surface area contributed by atoms with Crippen LogP contribution in [0, 0.1) is 11.8 Å². The Morgan fingerprint density at radius 1 is 1.44 bits per heavy atom. The van der Waals surface area contributed by atoms with E-state index in [0.29, 0.717) is 12.5 Å². The van der Waals surface area contributed by atoms with Crippen LogP contribution in [-0.2, 0) is 9.59 Å². The number of hydrogen-bond acceptors (Lipinski definition) is 4. The predicted octanol–water partition coefficient (Wildman–Crippen LogP) is 0.454. The number of rotatable bonds is 2. The van der Waals surface area contributed by atoms with E-state index in [1.807, 2.05) is 11.8 Å². The van der Waals surface area contributed by atoms with E-state index >= 15 is 0 Å². The predicted molar refractivity (Wildman–Crippen MR) is 59.8 cm³/mol. The fraction of sp³-hybridized carbons (Fsp3) is 0.700. The van der Waals surface area contributed by atoms with Crippen molar-refractivity contribution in [1.82, 2.24) is 10.2 Å². The number of amides is 4. The second-order valence-electron chi connectivity index (χ2n) is 4.19. The van der Waals surface area contributed by atoms with Crippen molar-refractivity contribution in [2.45, 2.75) is 13.3 Å². The van der Waals surface area contributed by atoms with Crippen LogP contribution in [0.5, 0.6) is 0 Å². The molecule has 0 aromatic carbocycles. The number of carbonyl (C=O) groups is 3. The van der Waals surface area contributed by atoms with Crippen molar-refractivity contribution in [3.63, 3.8) is 0 Å². The Hall–Kier alpha value is -1.04. The fourth-order valence-electron chi connectivity index (χ4n) is 1.89. The fourth-order valence-corrected chi connectivity index (χ4v) is 3.16. The molecule has 0 aromatic rings. The maximum atomic E-state index is 11.8. The molecule has 2 rings (SSSR count). The molecule has 5 nitrogen and oxygen atoms in total. The van der Waals surface area contributed by atoms with Crippen LogP contribution in [0.1, 0.15) is 13.3 Å². The first-order valence-electron chi connectivity index (χ1n) is 5.33. The summed E-state index contributed by atoms with van der Waals surface area (Å²) in [4.78, 5) is 35.7. The monoisotopic (exact) mass is 242 g/mol. The molecule has 2 saturated heterocycles. The van der Waals surface area contributed by atoms with Gasteiger partial charge in [-0.05, 0) is 30.8 Å². The van der Waals surface area contributed by atoms with Gasteiger partial charge in [0.1, 0.15) is 5.92 Å². The van der Waals surface area contributed by atoms with Crippen LogP contribution in [0.3, 0.4) is 0 Å². The summed E-state index contributed by atoms with van der Waals surface area (Å²) in [5, 5.41) is 2.20. The molecule has 1 N–H and O–H groups in total. The highest BCUT2D eigenvalue weighted by molar-refractivity contribution is 7.99.